The number of hydrogen-bond acceptors (Lipinski definition) is 3. The molecule has 1 heterocycles. The maximum Gasteiger partial charge on any atom is 0.166 e. The van der Waals surface area contributed by atoms with E-state index in [1.165, 1.54) is 25.0 Å². The third kappa shape index (κ3) is 3.33. The van der Waals surface area contributed by atoms with Gasteiger partial charge in [0.2, 0.25) is 0 Å². The first kappa shape index (κ1) is 12.2. The molecule has 1 saturated heterocycles. The fourth-order valence-electron chi connectivity index (χ4n) is 2.15. The van der Waals surface area contributed by atoms with E-state index in [2.05, 4.69) is 17.3 Å². The van der Waals surface area contributed by atoms with Gasteiger partial charge in [-0.3, -0.25) is 0 Å². The smallest absolute Gasteiger partial charge is 0.166 e. The summed E-state index contributed by atoms with van der Waals surface area (Å²) in [6.45, 7) is 3.14. The van der Waals surface area contributed by atoms with E-state index < -0.39 is 5.82 Å². The van der Waals surface area contributed by atoms with Crippen molar-refractivity contribution in [3.8, 4) is 5.75 Å². The van der Waals surface area contributed by atoms with Crippen LogP contribution in [0.4, 0.5) is 10.1 Å². The van der Waals surface area contributed by atoms with Crippen molar-refractivity contribution in [2.24, 2.45) is 5.92 Å². The molecule has 1 aromatic carbocycles. The maximum atomic E-state index is 13.1. The molecule has 1 aliphatic heterocycles. The highest BCUT2D eigenvalue weighted by atomic mass is 19.1. The highest BCUT2D eigenvalue weighted by molar-refractivity contribution is 5.46. The van der Waals surface area contributed by atoms with Crippen molar-refractivity contribution < 1.29 is 9.50 Å². The second-order valence-electron chi connectivity index (χ2n) is 4.79. The fraction of sp³-hybridized carbons (Fsp3) is 0.538. The standard InChI is InChI=1S/C13H19FN2O/c1-16-6-4-10(5-7-16)9-15-11-2-3-13(17)12(14)8-11/h2-3,8,10,15,17H,4-7,9H2,1H3. The van der Waals surface area contributed by atoms with E-state index in [1.54, 1.807) is 6.07 Å². The van der Waals surface area contributed by atoms with Crippen LogP contribution >= 0.6 is 0 Å². The van der Waals surface area contributed by atoms with Crippen LogP contribution in [0.1, 0.15) is 12.8 Å². The molecule has 17 heavy (non-hydrogen) atoms. The monoisotopic (exact) mass is 238 g/mol. The lowest BCUT2D eigenvalue weighted by atomic mass is 9.97. The van der Waals surface area contributed by atoms with E-state index in [9.17, 15) is 4.39 Å². The van der Waals surface area contributed by atoms with Crippen LogP contribution in [0.15, 0.2) is 18.2 Å². The first-order valence-electron chi connectivity index (χ1n) is 6.06. The number of rotatable bonds is 3. The number of anilines is 1. The second kappa shape index (κ2) is 5.36. The zero-order valence-corrected chi connectivity index (χ0v) is 10.1. The van der Waals surface area contributed by atoms with Crippen molar-refractivity contribution >= 4 is 5.69 Å². The molecule has 0 radical (unpaired) electrons. The van der Waals surface area contributed by atoms with Gasteiger partial charge in [0.05, 0.1) is 0 Å². The summed E-state index contributed by atoms with van der Waals surface area (Å²) in [6.07, 6.45) is 2.37. The van der Waals surface area contributed by atoms with E-state index in [1.807, 2.05) is 0 Å². The molecule has 0 unspecified atom stereocenters. The Morgan fingerprint density at radius 2 is 2.12 bits per heavy atom. The number of likely N-dealkylation sites (tertiary alicyclic amines) is 1. The predicted molar refractivity (Wildman–Crippen MR) is 66.8 cm³/mol. The van der Waals surface area contributed by atoms with Crippen LogP contribution in [0.3, 0.4) is 0 Å². The first-order valence-corrected chi connectivity index (χ1v) is 6.06. The Balaban J connectivity index is 1.83. The van der Waals surface area contributed by atoms with Gasteiger partial charge in [0, 0.05) is 18.3 Å². The summed E-state index contributed by atoms with van der Waals surface area (Å²) in [6, 6.07) is 4.42. The summed E-state index contributed by atoms with van der Waals surface area (Å²) < 4.78 is 13.1. The minimum absolute atomic E-state index is 0.296. The van der Waals surface area contributed by atoms with Crippen LogP contribution in [-0.2, 0) is 0 Å². The molecule has 0 aliphatic carbocycles. The van der Waals surface area contributed by atoms with Crippen LogP contribution in [0, 0.1) is 11.7 Å². The van der Waals surface area contributed by atoms with Gasteiger partial charge in [0.15, 0.2) is 11.6 Å². The lowest BCUT2D eigenvalue weighted by Gasteiger charge is -2.29. The summed E-state index contributed by atoms with van der Waals surface area (Å²) in [7, 11) is 2.14. The fourth-order valence-corrected chi connectivity index (χ4v) is 2.15. The summed E-state index contributed by atoms with van der Waals surface area (Å²) in [5.41, 5.74) is 0.735. The lowest BCUT2D eigenvalue weighted by molar-refractivity contribution is 0.226. The predicted octanol–water partition coefficient (Wildman–Crippen LogP) is 2.29. The van der Waals surface area contributed by atoms with Crippen LogP contribution < -0.4 is 5.32 Å². The zero-order chi connectivity index (χ0) is 12.3. The van der Waals surface area contributed by atoms with E-state index in [4.69, 9.17) is 5.11 Å². The number of phenolic OH excluding ortho intramolecular Hbond substituents is 1. The Labute approximate surface area is 101 Å². The third-order valence-electron chi connectivity index (χ3n) is 3.38. The number of phenols is 1. The first-order chi connectivity index (χ1) is 8.15. The molecule has 1 aromatic rings. The minimum atomic E-state index is -0.571. The zero-order valence-electron chi connectivity index (χ0n) is 10.1. The van der Waals surface area contributed by atoms with Crippen LogP contribution in [0.2, 0.25) is 0 Å². The van der Waals surface area contributed by atoms with Crippen molar-refractivity contribution in [1.82, 2.24) is 4.90 Å². The van der Waals surface area contributed by atoms with E-state index in [0.717, 1.165) is 25.3 Å². The van der Waals surface area contributed by atoms with Gasteiger partial charge < -0.3 is 15.3 Å². The van der Waals surface area contributed by atoms with Crippen molar-refractivity contribution in [3.05, 3.63) is 24.0 Å². The van der Waals surface area contributed by atoms with Gasteiger partial charge in [0.25, 0.3) is 0 Å². The van der Waals surface area contributed by atoms with Gasteiger partial charge in [-0.2, -0.15) is 0 Å². The summed E-state index contributed by atoms with van der Waals surface area (Å²) >= 11 is 0. The van der Waals surface area contributed by atoms with Gasteiger partial charge in [0.1, 0.15) is 0 Å². The molecule has 1 fully saturated rings. The maximum absolute atomic E-state index is 13.1. The van der Waals surface area contributed by atoms with Gasteiger partial charge in [-0.15, -0.1) is 0 Å². The summed E-state index contributed by atoms with van der Waals surface area (Å²) in [4.78, 5) is 2.33. The lowest BCUT2D eigenvalue weighted by Crippen LogP contribution is -2.32. The molecule has 0 spiro atoms. The van der Waals surface area contributed by atoms with Gasteiger partial charge in [-0.05, 0) is 51.0 Å². The number of halogens is 1. The van der Waals surface area contributed by atoms with Gasteiger partial charge in [-0.1, -0.05) is 0 Å². The third-order valence-corrected chi connectivity index (χ3v) is 3.38. The Morgan fingerprint density at radius 1 is 1.41 bits per heavy atom. The molecule has 0 atom stereocenters. The quantitative estimate of drug-likeness (QED) is 0.793. The number of benzene rings is 1. The molecular weight excluding hydrogens is 219 g/mol. The molecule has 4 heteroatoms. The topological polar surface area (TPSA) is 35.5 Å². The van der Waals surface area contributed by atoms with Crippen LogP contribution in [0.25, 0.3) is 0 Å². The van der Waals surface area contributed by atoms with Crippen molar-refractivity contribution in [1.29, 1.82) is 0 Å². The molecular formula is C13H19FN2O. The van der Waals surface area contributed by atoms with Crippen molar-refractivity contribution in [2.75, 3.05) is 32.0 Å². The summed E-state index contributed by atoms with van der Waals surface area (Å²) in [5.74, 6) is -0.212. The molecule has 3 nitrogen and oxygen atoms in total. The molecule has 1 aliphatic rings. The number of nitrogens with zero attached hydrogens (tertiary/aromatic N) is 1. The average molecular weight is 238 g/mol. The minimum Gasteiger partial charge on any atom is -0.505 e. The SMILES string of the molecule is CN1CCC(CNc2ccc(O)c(F)c2)CC1. The van der Waals surface area contributed by atoms with E-state index in [0.29, 0.717) is 5.92 Å². The number of hydrogen-bond donors (Lipinski definition) is 2. The molecule has 2 rings (SSSR count). The van der Waals surface area contributed by atoms with Gasteiger partial charge >= 0.3 is 0 Å². The molecule has 0 amide bonds. The largest absolute Gasteiger partial charge is 0.505 e. The Hall–Kier alpha value is -1.29. The number of aromatic hydroxyl groups is 1. The Kier molecular flexibility index (Phi) is 3.84. The van der Waals surface area contributed by atoms with E-state index in [-0.39, 0.29) is 5.75 Å². The average Bonchev–Trinajstić information content (AvgIpc) is 2.33. The van der Waals surface area contributed by atoms with E-state index >= 15 is 0 Å². The van der Waals surface area contributed by atoms with Crippen LogP contribution in [-0.4, -0.2) is 36.7 Å². The molecule has 0 bridgehead atoms. The Morgan fingerprint density at radius 3 is 2.76 bits per heavy atom. The molecule has 0 aromatic heterocycles. The molecule has 94 valence electrons. The summed E-state index contributed by atoms with van der Waals surface area (Å²) in [5, 5.41) is 12.3. The number of nitrogens with one attached hydrogen (secondary N) is 1. The number of piperidine rings is 1. The molecule has 0 saturated carbocycles. The van der Waals surface area contributed by atoms with Crippen LogP contribution in [0.5, 0.6) is 5.75 Å². The second-order valence-corrected chi connectivity index (χ2v) is 4.79. The normalized spacial score (nSPS) is 18.2. The van der Waals surface area contributed by atoms with Gasteiger partial charge in [-0.25, -0.2) is 4.39 Å². The van der Waals surface area contributed by atoms with Crippen molar-refractivity contribution in [3.63, 3.8) is 0 Å². The highest BCUT2D eigenvalue weighted by Crippen LogP contribution is 2.21. The highest BCUT2D eigenvalue weighted by Gasteiger charge is 2.16. The molecule has 2 N–H and O–H groups in total. The van der Waals surface area contributed by atoms with Crippen molar-refractivity contribution in [2.45, 2.75) is 12.8 Å². The Bertz CT molecular complexity index is 376.